The monoisotopic (exact) mass is 327 g/mol. The Morgan fingerprint density at radius 3 is 2.62 bits per heavy atom. The van der Waals surface area contributed by atoms with Gasteiger partial charge in [0.15, 0.2) is 0 Å². The van der Waals surface area contributed by atoms with Crippen molar-refractivity contribution in [2.75, 3.05) is 25.4 Å². The van der Waals surface area contributed by atoms with Gasteiger partial charge in [0.05, 0.1) is 11.0 Å². The molecule has 0 N–H and O–H groups in total. The predicted molar refractivity (Wildman–Crippen MR) is 85.2 cm³/mol. The summed E-state index contributed by atoms with van der Waals surface area (Å²) < 4.78 is 32.5. The fourth-order valence-corrected chi connectivity index (χ4v) is 6.32. The van der Waals surface area contributed by atoms with E-state index in [1.807, 2.05) is 37.7 Å². The van der Waals surface area contributed by atoms with Gasteiger partial charge in [-0.05, 0) is 32.4 Å². The lowest BCUT2D eigenvalue weighted by molar-refractivity contribution is 0.0598. The molecule has 1 spiro atoms. The number of aryl methyl sites for hydroxylation is 1. The summed E-state index contributed by atoms with van der Waals surface area (Å²) in [7, 11) is -3.33. The van der Waals surface area contributed by atoms with Gasteiger partial charge in [0.25, 0.3) is 0 Å². The number of rotatable bonds is 4. The first-order valence-electron chi connectivity index (χ1n) is 7.28. The number of thioether (sulfide) groups is 1. The quantitative estimate of drug-likeness (QED) is 0.851. The highest BCUT2D eigenvalue weighted by Crippen LogP contribution is 2.47. The van der Waals surface area contributed by atoms with Crippen LogP contribution in [-0.4, -0.2) is 49.0 Å². The van der Waals surface area contributed by atoms with E-state index in [2.05, 4.69) is 0 Å². The molecule has 21 heavy (non-hydrogen) atoms. The van der Waals surface area contributed by atoms with Gasteiger partial charge in [0, 0.05) is 30.2 Å². The summed E-state index contributed by atoms with van der Waals surface area (Å²) in [5.41, 5.74) is 1.07. The lowest BCUT2D eigenvalue weighted by Gasteiger charge is -2.46. The second kappa shape index (κ2) is 5.57. The van der Waals surface area contributed by atoms with Crippen LogP contribution in [0.1, 0.15) is 18.9 Å². The Labute approximate surface area is 130 Å². The fraction of sp³-hybridized carbons (Fsp3) is 0.600. The zero-order valence-electron chi connectivity index (χ0n) is 12.4. The van der Waals surface area contributed by atoms with E-state index in [0.29, 0.717) is 18.0 Å². The van der Waals surface area contributed by atoms with Crippen molar-refractivity contribution in [3.8, 4) is 0 Å². The van der Waals surface area contributed by atoms with E-state index in [0.717, 1.165) is 24.3 Å². The number of benzene rings is 1. The van der Waals surface area contributed by atoms with Crippen LogP contribution in [0.3, 0.4) is 0 Å². The molecule has 2 saturated heterocycles. The van der Waals surface area contributed by atoms with Gasteiger partial charge in [0.1, 0.15) is 0 Å². The molecule has 2 heterocycles. The van der Waals surface area contributed by atoms with E-state index in [4.69, 9.17) is 4.74 Å². The molecule has 1 atom stereocenters. The second-order valence-corrected chi connectivity index (χ2v) is 9.29. The van der Waals surface area contributed by atoms with Gasteiger partial charge < -0.3 is 4.74 Å². The maximum Gasteiger partial charge on any atom is 0.243 e. The summed E-state index contributed by atoms with van der Waals surface area (Å²) in [6.45, 7) is 5.91. The SMILES string of the molecule is CCO[C@H]1CSC2(C1)CN(S(=O)(=O)c1ccc(C)cc1)C2. The van der Waals surface area contributed by atoms with Crippen molar-refractivity contribution >= 4 is 21.8 Å². The Balaban J connectivity index is 1.67. The Hall–Kier alpha value is -0.560. The molecule has 0 bridgehead atoms. The van der Waals surface area contributed by atoms with E-state index in [9.17, 15) is 8.42 Å². The van der Waals surface area contributed by atoms with Crippen LogP contribution in [0.15, 0.2) is 29.2 Å². The lowest BCUT2D eigenvalue weighted by atomic mass is 9.95. The Bertz CT molecular complexity index is 606. The zero-order valence-corrected chi connectivity index (χ0v) is 14.0. The summed E-state index contributed by atoms with van der Waals surface area (Å²) in [6, 6.07) is 7.08. The van der Waals surface area contributed by atoms with E-state index in [1.54, 1.807) is 16.4 Å². The fourth-order valence-electron chi connectivity index (χ4n) is 2.99. The molecule has 0 unspecified atom stereocenters. The number of hydrogen-bond donors (Lipinski definition) is 0. The molecule has 1 aromatic carbocycles. The summed E-state index contributed by atoms with van der Waals surface area (Å²) in [5, 5.41) is 0. The van der Waals surface area contributed by atoms with Crippen molar-refractivity contribution in [2.45, 2.75) is 36.0 Å². The average molecular weight is 327 g/mol. The van der Waals surface area contributed by atoms with Gasteiger partial charge in [-0.2, -0.15) is 4.31 Å². The minimum Gasteiger partial charge on any atom is -0.378 e. The molecule has 2 aliphatic rings. The molecule has 0 amide bonds. The molecule has 0 radical (unpaired) electrons. The van der Waals surface area contributed by atoms with Crippen LogP contribution in [0.25, 0.3) is 0 Å². The summed E-state index contributed by atoms with van der Waals surface area (Å²) in [5.74, 6) is 0.978. The first-order valence-corrected chi connectivity index (χ1v) is 9.70. The van der Waals surface area contributed by atoms with Crippen LogP contribution < -0.4 is 0 Å². The number of hydrogen-bond acceptors (Lipinski definition) is 4. The molecule has 116 valence electrons. The van der Waals surface area contributed by atoms with Gasteiger partial charge in [0.2, 0.25) is 10.0 Å². The minimum absolute atomic E-state index is 0.0810. The molecule has 0 aromatic heterocycles. The predicted octanol–water partition coefficient (Wildman–Crippen LogP) is 2.28. The third-order valence-corrected chi connectivity index (χ3v) is 7.55. The first-order chi connectivity index (χ1) is 9.95. The molecule has 1 aromatic rings. The lowest BCUT2D eigenvalue weighted by Crippen LogP contribution is -2.60. The summed E-state index contributed by atoms with van der Waals surface area (Å²) in [6.07, 6.45) is 1.25. The maximum absolute atomic E-state index is 12.6. The first kappa shape index (κ1) is 15.3. The van der Waals surface area contributed by atoms with Gasteiger partial charge >= 0.3 is 0 Å². The molecule has 4 nitrogen and oxygen atoms in total. The zero-order chi connectivity index (χ0) is 15.1. The molecule has 6 heteroatoms. The van der Waals surface area contributed by atoms with Crippen LogP contribution in [0.2, 0.25) is 0 Å². The van der Waals surface area contributed by atoms with Crippen LogP contribution in [-0.2, 0) is 14.8 Å². The number of ether oxygens (including phenoxy) is 1. The Morgan fingerprint density at radius 1 is 1.33 bits per heavy atom. The molecule has 0 saturated carbocycles. The number of sulfonamides is 1. The van der Waals surface area contributed by atoms with Gasteiger partial charge in [-0.1, -0.05) is 17.7 Å². The van der Waals surface area contributed by atoms with E-state index >= 15 is 0 Å². The van der Waals surface area contributed by atoms with Crippen molar-refractivity contribution in [3.05, 3.63) is 29.8 Å². The van der Waals surface area contributed by atoms with E-state index in [-0.39, 0.29) is 10.9 Å². The van der Waals surface area contributed by atoms with Crippen molar-refractivity contribution in [3.63, 3.8) is 0 Å². The van der Waals surface area contributed by atoms with Crippen molar-refractivity contribution in [1.29, 1.82) is 0 Å². The Morgan fingerprint density at radius 2 is 2.00 bits per heavy atom. The summed E-state index contributed by atoms with van der Waals surface area (Å²) in [4.78, 5) is 0.396. The molecular weight excluding hydrogens is 306 g/mol. The second-order valence-electron chi connectivity index (χ2n) is 5.86. The van der Waals surface area contributed by atoms with Crippen LogP contribution in [0.4, 0.5) is 0 Å². The van der Waals surface area contributed by atoms with Gasteiger partial charge in [-0.25, -0.2) is 8.42 Å². The molecule has 2 fully saturated rings. The summed E-state index contributed by atoms with van der Waals surface area (Å²) >= 11 is 1.87. The van der Waals surface area contributed by atoms with Crippen LogP contribution in [0, 0.1) is 6.92 Å². The Kier molecular flexibility index (Phi) is 4.07. The minimum atomic E-state index is -3.33. The van der Waals surface area contributed by atoms with Crippen molar-refractivity contribution in [1.82, 2.24) is 4.31 Å². The smallest absolute Gasteiger partial charge is 0.243 e. The molecule has 3 rings (SSSR count). The number of nitrogens with zero attached hydrogens (tertiary/aromatic N) is 1. The largest absolute Gasteiger partial charge is 0.378 e. The molecule has 2 aliphatic heterocycles. The van der Waals surface area contributed by atoms with Crippen LogP contribution >= 0.6 is 11.8 Å². The normalized spacial score (nSPS) is 25.1. The highest BCUT2D eigenvalue weighted by atomic mass is 32.2. The topological polar surface area (TPSA) is 46.6 Å². The standard InChI is InChI=1S/C15H21NO3S2/c1-3-19-13-8-15(20-9-13)10-16(11-15)21(17,18)14-6-4-12(2)5-7-14/h4-7,13H,3,8-11H2,1-2H3/t13-/m1/s1. The highest BCUT2D eigenvalue weighted by molar-refractivity contribution is 8.01. The van der Waals surface area contributed by atoms with E-state index < -0.39 is 10.0 Å². The van der Waals surface area contributed by atoms with Gasteiger partial charge in [-0.15, -0.1) is 11.8 Å². The van der Waals surface area contributed by atoms with Gasteiger partial charge in [-0.3, -0.25) is 0 Å². The third-order valence-electron chi connectivity index (χ3n) is 4.17. The van der Waals surface area contributed by atoms with E-state index in [1.165, 1.54) is 0 Å². The van der Waals surface area contributed by atoms with Crippen molar-refractivity contribution in [2.24, 2.45) is 0 Å². The highest BCUT2D eigenvalue weighted by Gasteiger charge is 2.53. The molecule has 0 aliphatic carbocycles. The van der Waals surface area contributed by atoms with Crippen LogP contribution in [0.5, 0.6) is 0 Å². The average Bonchev–Trinajstić information content (AvgIpc) is 2.82. The van der Waals surface area contributed by atoms with Crippen molar-refractivity contribution < 1.29 is 13.2 Å². The molecular formula is C15H21NO3S2. The third kappa shape index (κ3) is 2.86. The maximum atomic E-state index is 12.6.